The molecule has 0 amide bonds. The monoisotopic (exact) mass is 305 g/mol. The summed E-state index contributed by atoms with van der Waals surface area (Å²) < 4.78 is 0. The molecule has 23 heavy (non-hydrogen) atoms. The van der Waals surface area contributed by atoms with Crippen LogP contribution in [-0.4, -0.2) is 7.05 Å². The van der Waals surface area contributed by atoms with E-state index in [1.54, 1.807) is 0 Å². The van der Waals surface area contributed by atoms with Crippen molar-refractivity contribution in [2.24, 2.45) is 0 Å². The highest BCUT2D eigenvalue weighted by molar-refractivity contribution is 5.88. The lowest BCUT2D eigenvalue weighted by Gasteiger charge is -2.24. The molecule has 1 atom stereocenters. The Balaban J connectivity index is 2.05. The van der Waals surface area contributed by atoms with Crippen molar-refractivity contribution in [3.8, 4) is 0 Å². The van der Waals surface area contributed by atoms with E-state index in [9.17, 15) is 0 Å². The van der Waals surface area contributed by atoms with Crippen LogP contribution in [0.2, 0.25) is 0 Å². The zero-order valence-corrected chi connectivity index (χ0v) is 14.8. The minimum absolute atomic E-state index is 0.678. The van der Waals surface area contributed by atoms with Gasteiger partial charge in [-0.05, 0) is 66.1 Å². The first-order valence-electron chi connectivity index (χ1n) is 8.80. The van der Waals surface area contributed by atoms with Gasteiger partial charge in [0.1, 0.15) is 0 Å². The second-order valence-electron chi connectivity index (χ2n) is 6.67. The minimum atomic E-state index is 0.678. The van der Waals surface area contributed by atoms with Crippen molar-refractivity contribution in [1.29, 1.82) is 0 Å². The lowest BCUT2D eigenvalue weighted by atomic mass is 9.90. The highest BCUT2D eigenvalue weighted by Gasteiger charge is 2.17. The zero-order valence-electron chi connectivity index (χ0n) is 14.8. The molecule has 1 aliphatic rings. The number of benzene rings is 2. The van der Waals surface area contributed by atoms with Gasteiger partial charge in [0.2, 0.25) is 0 Å². The van der Waals surface area contributed by atoms with E-state index in [2.05, 4.69) is 81.3 Å². The van der Waals surface area contributed by atoms with Gasteiger partial charge in [0.15, 0.2) is 0 Å². The lowest BCUT2D eigenvalue weighted by molar-refractivity contribution is 0.596. The molecule has 1 aliphatic heterocycles. The van der Waals surface area contributed by atoms with E-state index < -0.39 is 0 Å². The second kappa shape index (κ2) is 6.62. The summed E-state index contributed by atoms with van der Waals surface area (Å²) in [6, 6.07) is 13.7. The average Bonchev–Trinajstić information content (AvgIpc) is 2.70. The summed E-state index contributed by atoms with van der Waals surface area (Å²) in [4.78, 5) is 2.32. The van der Waals surface area contributed by atoms with Gasteiger partial charge < -0.3 is 4.90 Å². The predicted octanol–water partition coefficient (Wildman–Crippen LogP) is 6.54. The SMILES string of the molecule is CCCC(CC)c1ccc2c(c1)C=Cc1ccc(C)cc1N2C. The molecule has 2 aromatic carbocycles. The highest BCUT2D eigenvalue weighted by Crippen LogP contribution is 2.37. The van der Waals surface area contributed by atoms with Crippen molar-refractivity contribution in [3.63, 3.8) is 0 Å². The van der Waals surface area contributed by atoms with Gasteiger partial charge in [-0.1, -0.05) is 50.6 Å². The summed E-state index contributed by atoms with van der Waals surface area (Å²) in [6.07, 6.45) is 8.26. The average molecular weight is 305 g/mol. The number of fused-ring (bicyclic) bond motifs is 2. The molecule has 3 rings (SSSR count). The number of nitrogens with zero attached hydrogens (tertiary/aromatic N) is 1. The topological polar surface area (TPSA) is 3.24 Å². The predicted molar refractivity (Wildman–Crippen MR) is 103 cm³/mol. The third-order valence-electron chi connectivity index (χ3n) is 5.00. The quantitative estimate of drug-likeness (QED) is 0.620. The molecule has 0 saturated carbocycles. The Hall–Kier alpha value is -2.02. The molecular formula is C22H27N. The van der Waals surface area contributed by atoms with Gasteiger partial charge in [-0.3, -0.25) is 0 Å². The van der Waals surface area contributed by atoms with Gasteiger partial charge in [0, 0.05) is 18.4 Å². The Morgan fingerprint density at radius 2 is 1.70 bits per heavy atom. The van der Waals surface area contributed by atoms with Crippen molar-refractivity contribution in [2.75, 3.05) is 11.9 Å². The molecule has 1 nitrogen and oxygen atoms in total. The van der Waals surface area contributed by atoms with E-state index in [1.807, 2.05) is 0 Å². The maximum atomic E-state index is 2.39. The van der Waals surface area contributed by atoms with Crippen molar-refractivity contribution in [2.45, 2.75) is 46.0 Å². The Labute approximate surface area is 140 Å². The van der Waals surface area contributed by atoms with Gasteiger partial charge in [0.25, 0.3) is 0 Å². The number of rotatable bonds is 4. The van der Waals surface area contributed by atoms with Crippen LogP contribution in [0.5, 0.6) is 0 Å². The Kier molecular flexibility index (Phi) is 4.56. The fourth-order valence-corrected chi connectivity index (χ4v) is 3.62. The van der Waals surface area contributed by atoms with Crippen LogP contribution in [0.15, 0.2) is 36.4 Å². The van der Waals surface area contributed by atoms with Crippen LogP contribution >= 0.6 is 0 Å². The smallest absolute Gasteiger partial charge is 0.0484 e. The largest absolute Gasteiger partial charge is 0.344 e. The van der Waals surface area contributed by atoms with Crippen molar-refractivity contribution in [3.05, 3.63) is 58.7 Å². The fraction of sp³-hybridized carbons (Fsp3) is 0.364. The molecule has 0 saturated heterocycles. The molecule has 0 aromatic heterocycles. The van der Waals surface area contributed by atoms with Gasteiger partial charge in [-0.25, -0.2) is 0 Å². The maximum absolute atomic E-state index is 2.39. The van der Waals surface area contributed by atoms with Crippen LogP contribution in [0.25, 0.3) is 12.2 Å². The molecule has 0 aliphatic carbocycles. The lowest BCUT2D eigenvalue weighted by Crippen LogP contribution is -2.12. The first-order chi connectivity index (χ1) is 11.1. The summed E-state index contributed by atoms with van der Waals surface area (Å²) in [5.41, 5.74) is 7.98. The van der Waals surface area contributed by atoms with Crippen molar-refractivity contribution >= 4 is 23.5 Å². The van der Waals surface area contributed by atoms with Crippen LogP contribution in [0.3, 0.4) is 0 Å². The standard InChI is InChI=1S/C22H27N/c1-5-7-17(6-2)19-12-13-21-20(15-19)11-10-18-9-8-16(3)14-22(18)23(21)4/h8-15,17H,5-7H2,1-4H3. The highest BCUT2D eigenvalue weighted by atomic mass is 15.1. The van der Waals surface area contributed by atoms with Gasteiger partial charge in [0.05, 0.1) is 0 Å². The third kappa shape index (κ3) is 3.06. The third-order valence-corrected chi connectivity index (χ3v) is 5.00. The van der Waals surface area contributed by atoms with Crippen molar-refractivity contribution < 1.29 is 0 Å². The Morgan fingerprint density at radius 1 is 0.913 bits per heavy atom. The fourth-order valence-electron chi connectivity index (χ4n) is 3.62. The van der Waals surface area contributed by atoms with Crippen molar-refractivity contribution in [1.82, 2.24) is 0 Å². The summed E-state index contributed by atoms with van der Waals surface area (Å²) in [7, 11) is 2.17. The molecule has 1 heterocycles. The molecule has 1 unspecified atom stereocenters. The molecule has 0 radical (unpaired) electrons. The molecule has 0 N–H and O–H groups in total. The molecule has 2 aromatic rings. The molecule has 0 fully saturated rings. The zero-order chi connectivity index (χ0) is 16.4. The summed E-state index contributed by atoms with van der Waals surface area (Å²) in [5, 5.41) is 0. The Morgan fingerprint density at radius 3 is 2.43 bits per heavy atom. The van der Waals surface area contributed by atoms with E-state index in [4.69, 9.17) is 0 Å². The van der Waals surface area contributed by atoms with Crippen LogP contribution in [0, 0.1) is 6.92 Å². The van der Waals surface area contributed by atoms with E-state index in [-0.39, 0.29) is 0 Å². The minimum Gasteiger partial charge on any atom is -0.344 e. The number of anilines is 2. The number of aryl methyl sites for hydroxylation is 1. The van der Waals surface area contributed by atoms with E-state index in [1.165, 1.54) is 52.9 Å². The van der Waals surface area contributed by atoms with E-state index in [0.29, 0.717) is 5.92 Å². The molecule has 0 bridgehead atoms. The molecular weight excluding hydrogens is 278 g/mol. The van der Waals surface area contributed by atoms with E-state index in [0.717, 1.165) is 0 Å². The normalized spacial score (nSPS) is 14.2. The number of hydrogen-bond acceptors (Lipinski definition) is 1. The van der Waals surface area contributed by atoms with Crippen LogP contribution in [0.1, 0.15) is 61.3 Å². The second-order valence-corrected chi connectivity index (χ2v) is 6.67. The molecule has 120 valence electrons. The Bertz CT molecular complexity index is 727. The van der Waals surface area contributed by atoms with Crippen LogP contribution in [-0.2, 0) is 0 Å². The van der Waals surface area contributed by atoms with E-state index >= 15 is 0 Å². The maximum Gasteiger partial charge on any atom is 0.0484 e. The van der Waals surface area contributed by atoms with Crippen LogP contribution < -0.4 is 4.90 Å². The first-order valence-corrected chi connectivity index (χ1v) is 8.80. The van der Waals surface area contributed by atoms with Gasteiger partial charge >= 0.3 is 0 Å². The first kappa shape index (κ1) is 15.9. The van der Waals surface area contributed by atoms with Gasteiger partial charge in [-0.2, -0.15) is 0 Å². The summed E-state index contributed by atoms with van der Waals surface area (Å²) in [6.45, 7) is 6.73. The number of hydrogen-bond donors (Lipinski definition) is 0. The van der Waals surface area contributed by atoms with Crippen LogP contribution in [0.4, 0.5) is 11.4 Å². The molecule has 0 spiro atoms. The van der Waals surface area contributed by atoms with Gasteiger partial charge in [-0.15, -0.1) is 0 Å². The summed E-state index contributed by atoms with van der Waals surface area (Å²) in [5.74, 6) is 0.678. The summed E-state index contributed by atoms with van der Waals surface area (Å²) >= 11 is 0. The molecule has 1 heteroatoms.